The van der Waals surface area contributed by atoms with Gasteiger partial charge in [0, 0.05) is 23.4 Å². The lowest BCUT2D eigenvalue weighted by Crippen LogP contribution is -2.48. The minimum atomic E-state index is -4.07. The van der Waals surface area contributed by atoms with Crippen molar-refractivity contribution in [3.05, 3.63) is 58.4 Å². The van der Waals surface area contributed by atoms with E-state index in [0.29, 0.717) is 25.0 Å². The lowest BCUT2D eigenvalue weighted by molar-refractivity contribution is -0.0986. The third kappa shape index (κ3) is 5.85. The monoisotopic (exact) mass is 577 g/mol. The molecule has 2 aliphatic carbocycles. The van der Waals surface area contributed by atoms with Crippen LogP contribution in [0.2, 0.25) is 5.02 Å². The number of ether oxygens (including phenoxy) is 1. The molecule has 38 heavy (non-hydrogen) atoms. The van der Waals surface area contributed by atoms with Crippen LogP contribution in [0.1, 0.15) is 36.0 Å². The average molecular weight is 578 g/mol. The van der Waals surface area contributed by atoms with Crippen LogP contribution < -0.4 is 5.32 Å². The van der Waals surface area contributed by atoms with Crippen molar-refractivity contribution in [3.63, 3.8) is 0 Å². The summed E-state index contributed by atoms with van der Waals surface area (Å²) < 4.78 is 73.1. The predicted octanol–water partition coefficient (Wildman–Crippen LogP) is 3.07. The summed E-state index contributed by atoms with van der Waals surface area (Å²) in [6, 6.07) is 4.76. The Balaban J connectivity index is 1.53. The highest BCUT2D eigenvalue weighted by molar-refractivity contribution is 7.92. The normalized spacial score (nSPS) is 25.8. The number of halogens is 4. The molecular formula is C25H27ClF3NO7S. The zero-order valence-electron chi connectivity index (χ0n) is 20.0. The van der Waals surface area contributed by atoms with Gasteiger partial charge < -0.3 is 25.4 Å². The number of carbonyl (C=O) groups is 1. The molecule has 13 heteroatoms. The first kappa shape index (κ1) is 28.8. The molecule has 2 fully saturated rings. The Morgan fingerprint density at radius 2 is 1.74 bits per heavy atom. The molecular weight excluding hydrogens is 551 g/mol. The van der Waals surface area contributed by atoms with Crippen molar-refractivity contribution in [3.8, 4) is 0 Å². The Kier molecular flexibility index (Phi) is 8.41. The highest BCUT2D eigenvalue weighted by atomic mass is 35.5. The van der Waals surface area contributed by atoms with Crippen LogP contribution in [0.15, 0.2) is 35.2 Å². The number of aliphatic hydroxyl groups is 3. The van der Waals surface area contributed by atoms with Crippen LogP contribution >= 0.6 is 11.6 Å². The molecule has 0 saturated heterocycles. The Hall–Kier alpha value is -2.22. The zero-order chi connectivity index (χ0) is 27.8. The highest BCUT2D eigenvalue weighted by Gasteiger charge is 2.54. The molecule has 0 spiro atoms. The Morgan fingerprint density at radius 3 is 2.32 bits per heavy atom. The number of aliphatic hydroxyl groups excluding tert-OH is 2. The largest absolute Gasteiger partial charge is 0.394 e. The van der Waals surface area contributed by atoms with E-state index < -0.39 is 68.6 Å². The molecule has 0 radical (unpaired) electrons. The van der Waals surface area contributed by atoms with Gasteiger partial charge in [-0.1, -0.05) is 11.6 Å². The van der Waals surface area contributed by atoms with Crippen LogP contribution in [0.25, 0.3) is 0 Å². The maximum atomic E-state index is 13.8. The van der Waals surface area contributed by atoms with Gasteiger partial charge in [0.25, 0.3) is 5.91 Å². The number of sulfone groups is 1. The number of amides is 1. The summed E-state index contributed by atoms with van der Waals surface area (Å²) in [4.78, 5) is 12.4. The van der Waals surface area contributed by atoms with Crippen molar-refractivity contribution in [2.24, 2.45) is 11.8 Å². The molecule has 1 amide bonds. The maximum Gasteiger partial charge on any atom is 0.255 e. The minimum Gasteiger partial charge on any atom is -0.394 e. The lowest BCUT2D eigenvalue weighted by atomic mass is 9.77. The Labute approximate surface area is 222 Å². The van der Waals surface area contributed by atoms with E-state index in [-0.39, 0.29) is 47.2 Å². The average Bonchev–Trinajstić information content (AvgIpc) is 3.15. The highest BCUT2D eigenvalue weighted by Crippen LogP contribution is 2.51. The van der Waals surface area contributed by atoms with Crippen LogP contribution in [0.4, 0.5) is 18.9 Å². The summed E-state index contributed by atoms with van der Waals surface area (Å²) in [5.74, 6) is -6.38. The molecule has 4 unspecified atom stereocenters. The second-order valence-corrected chi connectivity index (χ2v) is 12.4. The fourth-order valence-electron chi connectivity index (χ4n) is 5.54. The van der Waals surface area contributed by atoms with Gasteiger partial charge >= 0.3 is 0 Å². The molecule has 8 nitrogen and oxygen atoms in total. The molecule has 4 rings (SSSR count). The number of rotatable bonds is 9. The fraction of sp³-hybridized carbons (Fsp3) is 0.480. The molecule has 2 aromatic carbocycles. The van der Waals surface area contributed by atoms with E-state index in [1.807, 2.05) is 0 Å². The van der Waals surface area contributed by atoms with Gasteiger partial charge in [0.1, 0.15) is 6.10 Å². The molecule has 0 heterocycles. The molecule has 0 aliphatic heterocycles. The summed E-state index contributed by atoms with van der Waals surface area (Å²) in [6.07, 6.45) is 0.301. The first-order valence-corrected chi connectivity index (χ1v) is 13.9. The number of benzene rings is 2. The topological polar surface area (TPSA) is 133 Å². The van der Waals surface area contributed by atoms with Crippen LogP contribution in [0, 0.1) is 29.3 Å². The first-order valence-electron chi connectivity index (χ1n) is 11.9. The van der Waals surface area contributed by atoms with Crippen molar-refractivity contribution in [2.45, 2.75) is 47.5 Å². The fourth-order valence-corrected chi connectivity index (χ4v) is 8.38. The number of hydrogen-bond donors (Lipinski definition) is 4. The summed E-state index contributed by atoms with van der Waals surface area (Å²) >= 11 is 6.24. The number of carbonyl (C=O) groups excluding carboxylic acids is 1. The molecule has 4 N–H and O–H groups in total. The van der Waals surface area contributed by atoms with E-state index in [0.717, 1.165) is 6.07 Å². The van der Waals surface area contributed by atoms with E-state index in [4.69, 9.17) is 21.4 Å². The van der Waals surface area contributed by atoms with E-state index >= 15 is 0 Å². The van der Waals surface area contributed by atoms with Gasteiger partial charge in [-0.2, -0.15) is 0 Å². The molecule has 2 bridgehead atoms. The Morgan fingerprint density at radius 1 is 1.13 bits per heavy atom. The standard InChI is InChI=1S/C25H27ClF3NO7S/c26-18-4-3-13(24(33)30-16-6-19(27)22(29)20(28)7-16)5-21(18)38(35,36)23-14-1-2-15(23)9-25(34,8-14)12-37-11-17(32)10-31/h3-7,14-15,17,23,31-32,34H,1-2,8-12H2,(H,30,33)/t14-,15?,17?,23?,25?/m0/s1. The van der Waals surface area contributed by atoms with Crippen molar-refractivity contribution >= 4 is 33.0 Å². The minimum absolute atomic E-state index is 0.109. The third-order valence-corrected chi connectivity index (χ3v) is 9.99. The zero-order valence-corrected chi connectivity index (χ0v) is 21.6. The molecule has 5 atom stereocenters. The molecule has 2 aromatic rings. The summed E-state index contributed by atoms with van der Waals surface area (Å²) in [5, 5.41) is 30.6. The van der Waals surface area contributed by atoms with Gasteiger partial charge in [-0.05, 0) is 55.7 Å². The Bertz CT molecular complexity index is 1290. The van der Waals surface area contributed by atoms with Crippen LogP contribution in [-0.2, 0) is 14.6 Å². The first-order chi connectivity index (χ1) is 17.8. The number of fused-ring (bicyclic) bond motifs is 2. The summed E-state index contributed by atoms with van der Waals surface area (Å²) in [6.45, 7) is -0.776. The van der Waals surface area contributed by atoms with Gasteiger partial charge in [-0.3, -0.25) is 4.79 Å². The van der Waals surface area contributed by atoms with E-state index in [1.54, 1.807) is 0 Å². The van der Waals surface area contributed by atoms with Gasteiger partial charge in [-0.25, -0.2) is 21.6 Å². The number of hydrogen-bond acceptors (Lipinski definition) is 7. The number of nitrogens with one attached hydrogen (secondary N) is 1. The van der Waals surface area contributed by atoms with Crippen LogP contribution in [0.3, 0.4) is 0 Å². The molecule has 208 valence electrons. The van der Waals surface area contributed by atoms with E-state index in [1.165, 1.54) is 12.1 Å². The van der Waals surface area contributed by atoms with Crippen molar-refractivity contribution in [1.29, 1.82) is 0 Å². The van der Waals surface area contributed by atoms with Crippen LogP contribution in [0.5, 0.6) is 0 Å². The predicted molar refractivity (Wildman–Crippen MR) is 131 cm³/mol. The summed E-state index contributed by atoms with van der Waals surface area (Å²) in [5.41, 5.74) is -1.80. The summed E-state index contributed by atoms with van der Waals surface area (Å²) in [7, 11) is -4.07. The lowest BCUT2D eigenvalue weighted by Gasteiger charge is -2.40. The van der Waals surface area contributed by atoms with Gasteiger partial charge in [0.05, 0.1) is 40.6 Å². The van der Waals surface area contributed by atoms with Crippen molar-refractivity contribution in [2.75, 3.05) is 25.1 Å². The smallest absolute Gasteiger partial charge is 0.255 e. The van der Waals surface area contributed by atoms with Crippen molar-refractivity contribution in [1.82, 2.24) is 0 Å². The van der Waals surface area contributed by atoms with Gasteiger partial charge in [0.15, 0.2) is 27.3 Å². The third-order valence-electron chi connectivity index (χ3n) is 7.11. The second-order valence-electron chi connectivity index (χ2n) is 9.94. The molecule has 2 saturated carbocycles. The quantitative estimate of drug-likeness (QED) is 0.337. The molecule has 0 aromatic heterocycles. The number of anilines is 1. The van der Waals surface area contributed by atoms with Crippen LogP contribution in [-0.4, -0.2) is 66.4 Å². The maximum absolute atomic E-state index is 13.8. The SMILES string of the molecule is O=C(Nc1cc(F)c(F)c(F)c1)c1ccc(Cl)c(S(=O)(=O)C2C3CC[C@H]2CC(O)(COCC(O)CO)C3)c1. The molecule has 2 aliphatic rings. The van der Waals surface area contributed by atoms with Crippen molar-refractivity contribution < 1.29 is 46.4 Å². The van der Waals surface area contributed by atoms with Gasteiger partial charge in [-0.15, -0.1) is 0 Å². The van der Waals surface area contributed by atoms with Gasteiger partial charge in [0.2, 0.25) is 0 Å². The van der Waals surface area contributed by atoms with E-state index in [2.05, 4.69) is 5.32 Å². The second kappa shape index (κ2) is 11.1. The van der Waals surface area contributed by atoms with E-state index in [9.17, 15) is 36.6 Å².